The third-order valence-corrected chi connectivity index (χ3v) is 3.28. The number of nitrogens with two attached hydrogens (primary N) is 1. The SMILES string of the molecule is N#Cc1cc2ccccc2nc1NCc1ccc(N)cc1. The Morgan fingerprint density at radius 1 is 1.10 bits per heavy atom. The maximum atomic E-state index is 9.26. The van der Waals surface area contributed by atoms with Gasteiger partial charge in [-0.3, -0.25) is 0 Å². The topological polar surface area (TPSA) is 74.7 Å². The Kier molecular flexibility index (Phi) is 3.40. The first-order chi connectivity index (χ1) is 10.3. The summed E-state index contributed by atoms with van der Waals surface area (Å²) in [6, 6.07) is 19.4. The normalized spacial score (nSPS) is 10.2. The van der Waals surface area contributed by atoms with Gasteiger partial charge >= 0.3 is 0 Å². The van der Waals surface area contributed by atoms with Gasteiger partial charge in [0.25, 0.3) is 0 Å². The van der Waals surface area contributed by atoms with Gasteiger partial charge in [0, 0.05) is 17.6 Å². The lowest BCUT2D eigenvalue weighted by molar-refractivity contribution is 1.12. The highest BCUT2D eigenvalue weighted by atomic mass is 15.0. The molecule has 1 heterocycles. The molecule has 0 bridgehead atoms. The van der Waals surface area contributed by atoms with E-state index in [1.165, 1.54) is 0 Å². The summed E-state index contributed by atoms with van der Waals surface area (Å²) in [6.45, 7) is 0.598. The minimum Gasteiger partial charge on any atom is -0.399 e. The Labute approximate surface area is 122 Å². The van der Waals surface area contributed by atoms with E-state index < -0.39 is 0 Å². The van der Waals surface area contributed by atoms with Gasteiger partial charge in [0.15, 0.2) is 0 Å². The van der Waals surface area contributed by atoms with Crippen LogP contribution in [0.4, 0.5) is 11.5 Å². The van der Waals surface area contributed by atoms with Crippen LogP contribution in [0.1, 0.15) is 11.1 Å². The third kappa shape index (κ3) is 2.77. The first-order valence-corrected chi connectivity index (χ1v) is 6.64. The fourth-order valence-corrected chi connectivity index (χ4v) is 2.16. The lowest BCUT2D eigenvalue weighted by atomic mass is 10.1. The van der Waals surface area contributed by atoms with Gasteiger partial charge in [-0.05, 0) is 29.8 Å². The molecule has 0 fully saturated rings. The van der Waals surface area contributed by atoms with E-state index in [-0.39, 0.29) is 0 Å². The number of nitriles is 1. The summed E-state index contributed by atoms with van der Waals surface area (Å²) in [5, 5.41) is 13.4. The van der Waals surface area contributed by atoms with E-state index in [1.54, 1.807) is 0 Å². The number of anilines is 2. The predicted octanol–water partition coefficient (Wildman–Crippen LogP) is 3.30. The van der Waals surface area contributed by atoms with E-state index in [0.29, 0.717) is 17.9 Å². The highest BCUT2D eigenvalue weighted by Crippen LogP contribution is 2.20. The average Bonchev–Trinajstić information content (AvgIpc) is 2.53. The van der Waals surface area contributed by atoms with E-state index in [9.17, 15) is 5.26 Å². The lowest BCUT2D eigenvalue weighted by Crippen LogP contribution is -2.04. The molecule has 3 rings (SSSR count). The summed E-state index contributed by atoms with van der Waals surface area (Å²) < 4.78 is 0. The van der Waals surface area contributed by atoms with E-state index in [1.807, 2.05) is 54.6 Å². The molecule has 0 aliphatic rings. The second kappa shape index (κ2) is 5.51. The zero-order chi connectivity index (χ0) is 14.7. The summed E-state index contributed by atoms with van der Waals surface area (Å²) in [5.41, 5.74) is 8.91. The van der Waals surface area contributed by atoms with Crippen molar-refractivity contribution in [2.24, 2.45) is 0 Å². The summed E-state index contributed by atoms with van der Waals surface area (Å²) in [4.78, 5) is 4.52. The van der Waals surface area contributed by atoms with Gasteiger partial charge in [0.05, 0.1) is 11.1 Å². The van der Waals surface area contributed by atoms with E-state index in [4.69, 9.17) is 5.73 Å². The Bertz CT molecular complexity index is 816. The van der Waals surface area contributed by atoms with E-state index >= 15 is 0 Å². The van der Waals surface area contributed by atoms with Crippen molar-refractivity contribution < 1.29 is 0 Å². The second-order valence-electron chi connectivity index (χ2n) is 4.78. The fourth-order valence-electron chi connectivity index (χ4n) is 2.16. The largest absolute Gasteiger partial charge is 0.399 e. The molecular weight excluding hydrogens is 260 g/mol. The van der Waals surface area contributed by atoms with Crippen LogP contribution in [0.15, 0.2) is 54.6 Å². The Hall–Kier alpha value is -3.06. The van der Waals surface area contributed by atoms with Crippen LogP contribution in [-0.2, 0) is 6.54 Å². The maximum Gasteiger partial charge on any atom is 0.144 e. The Morgan fingerprint density at radius 3 is 2.62 bits per heavy atom. The van der Waals surface area contributed by atoms with Crippen molar-refractivity contribution in [3.05, 3.63) is 65.7 Å². The van der Waals surface area contributed by atoms with Gasteiger partial charge < -0.3 is 11.1 Å². The molecule has 0 spiro atoms. The van der Waals surface area contributed by atoms with Crippen LogP contribution >= 0.6 is 0 Å². The molecule has 0 aliphatic carbocycles. The molecule has 4 nitrogen and oxygen atoms in total. The van der Waals surface area contributed by atoms with Crippen LogP contribution in [0.3, 0.4) is 0 Å². The van der Waals surface area contributed by atoms with Crippen LogP contribution in [0.2, 0.25) is 0 Å². The van der Waals surface area contributed by atoms with Crippen LogP contribution in [0.5, 0.6) is 0 Å². The number of nitrogens with zero attached hydrogens (tertiary/aromatic N) is 2. The molecule has 0 saturated heterocycles. The zero-order valence-corrected chi connectivity index (χ0v) is 11.4. The number of nitrogens with one attached hydrogen (secondary N) is 1. The number of hydrogen-bond acceptors (Lipinski definition) is 4. The fraction of sp³-hybridized carbons (Fsp3) is 0.0588. The Balaban J connectivity index is 1.89. The number of aromatic nitrogens is 1. The molecule has 102 valence electrons. The maximum absolute atomic E-state index is 9.26. The number of pyridine rings is 1. The molecular formula is C17H14N4. The molecule has 2 aromatic carbocycles. The van der Waals surface area contributed by atoms with Crippen molar-refractivity contribution in [1.82, 2.24) is 4.98 Å². The van der Waals surface area contributed by atoms with Crippen LogP contribution in [0, 0.1) is 11.3 Å². The molecule has 0 amide bonds. The predicted molar refractivity (Wildman–Crippen MR) is 84.6 cm³/mol. The molecule has 0 atom stereocenters. The smallest absolute Gasteiger partial charge is 0.144 e. The van der Waals surface area contributed by atoms with E-state index in [2.05, 4.69) is 16.4 Å². The van der Waals surface area contributed by atoms with Crippen molar-refractivity contribution in [3.63, 3.8) is 0 Å². The standard InChI is InChI=1S/C17H14N4/c18-10-14-9-13-3-1-2-4-16(13)21-17(14)20-11-12-5-7-15(19)8-6-12/h1-9H,11,19H2,(H,20,21). The van der Waals surface area contributed by atoms with Crippen molar-refractivity contribution in [1.29, 1.82) is 5.26 Å². The number of hydrogen-bond donors (Lipinski definition) is 2. The van der Waals surface area contributed by atoms with Crippen LogP contribution < -0.4 is 11.1 Å². The first kappa shape index (κ1) is 12.9. The van der Waals surface area contributed by atoms with Crippen LogP contribution in [-0.4, -0.2) is 4.98 Å². The number of benzene rings is 2. The summed E-state index contributed by atoms with van der Waals surface area (Å²) in [5.74, 6) is 0.605. The Morgan fingerprint density at radius 2 is 1.86 bits per heavy atom. The van der Waals surface area contributed by atoms with Crippen molar-refractivity contribution in [2.45, 2.75) is 6.54 Å². The van der Waals surface area contributed by atoms with Crippen molar-refractivity contribution in [3.8, 4) is 6.07 Å². The summed E-state index contributed by atoms with van der Waals surface area (Å²) >= 11 is 0. The first-order valence-electron chi connectivity index (χ1n) is 6.64. The number of para-hydroxylation sites is 1. The molecule has 4 heteroatoms. The molecule has 0 unspecified atom stereocenters. The third-order valence-electron chi connectivity index (χ3n) is 3.28. The van der Waals surface area contributed by atoms with Gasteiger partial charge in [0.2, 0.25) is 0 Å². The zero-order valence-electron chi connectivity index (χ0n) is 11.4. The van der Waals surface area contributed by atoms with Crippen LogP contribution in [0.25, 0.3) is 10.9 Å². The van der Waals surface area contributed by atoms with Crippen molar-refractivity contribution >= 4 is 22.4 Å². The van der Waals surface area contributed by atoms with Gasteiger partial charge in [-0.2, -0.15) is 5.26 Å². The van der Waals surface area contributed by atoms with Crippen molar-refractivity contribution in [2.75, 3.05) is 11.1 Å². The number of fused-ring (bicyclic) bond motifs is 1. The summed E-state index contributed by atoms with van der Waals surface area (Å²) in [7, 11) is 0. The monoisotopic (exact) mass is 274 g/mol. The molecule has 0 aliphatic heterocycles. The lowest BCUT2D eigenvalue weighted by Gasteiger charge is -2.09. The second-order valence-corrected chi connectivity index (χ2v) is 4.78. The minimum atomic E-state index is 0.546. The highest BCUT2D eigenvalue weighted by Gasteiger charge is 2.06. The van der Waals surface area contributed by atoms with Gasteiger partial charge in [-0.1, -0.05) is 30.3 Å². The molecule has 21 heavy (non-hydrogen) atoms. The highest BCUT2D eigenvalue weighted by molar-refractivity contribution is 5.82. The van der Waals surface area contributed by atoms with Gasteiger partial charge in [-0.25, -0.2) is 4.98 Å². The number of nitrogen functional groups attached to an aromatic ring is 1. The van der Waals surface area contributed by atoms with Gasteiger partial charge in [0.1, 0.15) is 11.9 Å². The molecule has 3 N–H and O–H groups in total. The molecule has 1 aromatic heterocycles. The molecule has 3 aromatic rings. The summed E-state index contributed by atoms with van der Waals surface area (Å²) in [6.07, 6.45) is 0. The average molecular weight is 274 g/mol. The number of rotatable bonds is 3. The van der Waals surface area contributed by atoms with E-state index in [0.717, 1.165) is 22.2 Å². The molecule has 0 saturated carbocycles. The molecule has 0 radical (unpaired) electrons. The minimum absolute atomic E-state index is 0.546. The quantitative estimate of drug-likeness (QED) is 0.718. The van der Waals surface area contributed by atoms with Gasteiger partial charge in [-0.15, -0.1) is 0 Å².